The second-order valence-corrected chi connectivity index (χ2v) is 3.26. The summed E-state index contributed by atoms with van der Waals surface area (Å²) >= 11 is 5.83. The highest BCUT2D eigenvalue weighted by Gasteiger charge is 2.05. The van der Waals surface area contributed by atoms with Gasteiger partial charge in [-0.3, -0.25) is 4.79 Å². The molecule has 1 amide bonds. The summed E-state index contributed by atoms with van der Waals surface area (Å²) in [6, 6.07) is 5.09. The first-order valence-electron chi connectivity index (χ1n) is 4.13. The number of rotatable bonds is 2. The molecule has 0 aliphatic heterocycles. The van der Waals surface area contributed by atoms with Crippen molar-refractivity contribution in [3.63, 3.8) is 0 Å². The molecule has 0 aliphatic carbocycles. The minimum atomic E-state index is -0.178. The topological polar surface area (TPSA) is 29.1 Å². The van der Waals surface area contributed by atoms with E-state index in [1.807, 2.05) is 6.92 Å². The number of carbonyl (C=O) groups is 1. The zero-order chi connectivity index (χ0) is 10.6. The fraction of sp³-hybridized carbons (Fsp3) is 0.182. The average molecular weight is 208 g/mol. The quantitative estimate of drug-likeness (QED) is 0.739. The lowest BCUT2D eigenvalue weighted by atomic mass is 10.1. The minimum absolute atomic E-state index is 0.178. The van der Waals surface area contributed by atoms with Crippen LogP contribution in [0, 0.1) is 19.3 Å². The number of benzene rings is 1. The van der Waals surface area contributed by atoms with Gasteiger partial charge in [0.15, 0.2) is 0 Å². The standard InChI is InChI=1S/C11H10ClNO/c1-3-6-13-11(14)9-4-5-10(12)8(2)7-9/h1,4-5,7H,6H2,2H3,(H,13,14). The Morgan fingerprint density at radius 1 is 1.64 bits per heavy atom. The van der Waals surface area contributed by atoms with Gasteiger partial charge >= 0.3 is 0 Å². The van der Waals surface area contributed by atoms with Gasteiger partial charge in [-0.15, -0.1) is 6.42 Å². The number of terminal acetylenes is 1. The van der Waals surface area contributed by atoms with Gasteiger partial charge in [-0.25, -0.2) is 0 Å². The summed E-state index contributed by atoms with van der Waals surface area (Å²) in [4.78, 5) is 11.4. The molecule has 0 saturated heterocycles. The van der Waals surface area contributed by atoms with E-state index in [1.165, 1.54) is 0 Å². The molecule has 1 N–H and O–H groups in total. The molecular formula is C11H10ClNO. The van der Waals surface area contributed by atoms with Crippen LogP contribution in [0.15, 0.2) is 18.2 Å². The number of carbonyl (C=O) groups excluding carboxylic acids is 1. The summed E-state index contributed by atoms with van der Waals surface area (Å²) in [5.41, 5.74) is 1.45. The van der Waals surface area contributed by atoms with Crippen LogP contribution in [0.25, 0.3) is 0 Å². The molecule has 72 valence electrons. The first kappa shape index (κ1) is 10.6. The summed E-state index contributed by atoms with van der Waals surface area (Å²) < 4.78 is 0. The van der Waals surface area contributed by atoms with Crippen LogP contribution in [0.4, 0.5) is 0 Å². The van der Waals surface area contributed by atoms with Crippen LogP contribution in [0.2, 0.25) is 5.02 Å². The van der Waals surface area contributed by atoms with Gasteiger partial charge in [0, 0.05) is 10.6 Å². The van der Waals surface area contributed by atoms with Gasteiger partial charge < -0.3 is 5.32 Å². The molecule has 1 aromatic rings. The Labute approximate surface area is 88.3 Å². The summed E-state index contributed by atoms with van der Waals surface area (Å²) in [6.45, 7) is 2.08. The number of hydrogen-bond donors (Lipinski definition) is 1. The van der Waals surface area contributed by atoms with Crippen molar-refractivity contribution < 1.29 is 4.79 Å². The molecule has 0 fully saturated rings. The van der Waals surface area contributed by atoms with E-state index in [9.17, 15) is 4.79 Å². The smallest absolute Gasteiger partial charge is 0.252 e. The number of nitrogens with one attached hydrogen (secondary N) is 1. The van der Waals surface area contributed by atoms with Gasteiger partial charge in [-0.05, 0) is 30.7 Å². The van der Waals surface area contributed by atoms with Crippen LogP contribution in [-0.4, -0.2) is 12.5 Å². The van der Waals surface area contributed by atoms with E-state index in [4.69, 9.17) is 18.0 Å². The third-order valence-corrected chi connectivity index (χ3v) is 2.20. The normalized spacial score (nSPS) is 9.21. The second kappa shape index (κ2) is 4.69. The maximum Gasteiger partial charge on any atom is 0.252 e. The molecule has 0 spiro atoms. The lowest BCUT2D eigenvalue weighted by Crippen LogP contribution is -2.23. The predicted octanol–water partition coefficient (Wildman–Crippen LogP) is 2.01. The molecule has 1 rings (SSSR count). The van der Waals surface area contributed by atoms with Crippen LogP contribution in [0.5, 0.6) is 0 Å². The number of aryl methyl sites for hydroxylation is 1. The Bertz CT molecular complexity index is 393. The molecule has 0 heterocycles. The summed E-state index contributed by atoms with van der Waals surface area (Å²) in [5.74, 6) is 2.16. The third-order valence-electron chi connectivity index (χ3n) is 1.77. The summed E-state index contributed by atoms with van der Waals surface area (Å²) in [6.07, 6.45) is 5.02. The first-order valence-corrected chi connectivity index (χ1v) is 4.50. The Morgan fingerprint density at radius 3 is 2.93 bits per heavy atom. The van der Waals surface area contributed by atoms with Crippen molar-refractivity contribution in [2.75, 3.05) is 6.54 Å². The highest BCUT2D eigenvalue weighted by Crippen LogP contribution is 2.15. The first-order chi connectivity index (χ1) is 6.65. The largest absolute Gasteiger partial charge is 0.341 e. The lowest BCUT2D eigenvalue weighted by Gasteiger charge is -2.03. The monoisotopic (exact) mass is 207 g/mol. The van der Waals surface area contributed by atoms with E-state index in [2.05, 4.69) is 11.2 Å². The average Bonchev–Trinajstić information content (AvgIpc) is 2.18. The predicted molar refractivity (Wildman–Crippen MR) is 57.4 cm³/mol. The SMILES string of the molecule is C#CCNC(=O)c1ccc(Cl)c(C)c1. The maximum absolute atomic E-state index is 11.4. The summed E-state index contributed by atoms with van der Waals surface area (Å²) in [5, 5.41) is 3.23. The van der Waals surface area contributed by atoms with E-state index in [0.29, 0.717) is 10.6 Å². The van der Waals surface area contributed by atoms with Gasteiger partial charge in [0.1, 0.15) is 0 Å². The van der Waals surface area contributed by atoms with Crippen LogP contribution < -0.4 is 5.32 Å². The number of halogens is 1. The molecule has 0 unspecified atom stereocenters. The second-order valence-electron chi connectivity index (χ2n) is 2.85. The van der Waals surface area contributed by atoms with Crippen molar-refractivity contribution in [1.29, 1.82) is 0 Å². The van der Waals surface area contributed by atoms with Crippen LogP contribution >= 0.6 is 11.6 Å². The molecule has 14 heavy (non-hydrogen) atoms. The van der Waals surface area contributed by atoms with Crippen LogP contribution in [-0.2, 0) is 0 Å². The van der Waals surface area contributed by atoms with E-state index in [0.717, 1.165) is 5.56 Å². The highest BCUT2D eigenvalue weighted by molar-refractivity contribution is 6.31. The van der Waals surface area contributed by atoms with E-state index in [1.54, 1.807) is 18.2 Å². The zero-order valence-corrected chi connectivity index (χ0v) is 8.56. The van der Waals surface area contributed by atoms with Gasteiger partial charge in [-0.1, -0.05) is 17.5 Å². The molecule has 0 aliphatic rings. The van der Waals surface area contributed by atoms with Crippen LogP contribution in [0.3, 0.4) is 0 Å². The Balaban J connectivity index is 2.82. The van der Waals surface area contributed by atoms with Crippen molar-refractivity contribution in [2.24, 2.45) is 0 Å². The number of hydrogen-bond acceptors (Lipinski definition) is 1. The molecular weight excluding hydrogens is 198 g/mol. The van der Waals surface area contributed by atoms with E-state index in [-0.39, 0.29) is 12.5 Å². The Morgan fingerprint density at radius 2 is 2.36 bits per heavy atom. The molecule has 0 bridgehead atoms. The lowest BCUT2D eigenvalue weighted by molar-refractivity contribution is 0.0958. The molecule has 3 heteroatoms. The minimum Gasteiger partial charge on any atom is -0.341 e. The summed E-state index contributed by atoms with van der Waals surface area (Å²) in [7, 11) is 0. The number of amides is 1. The molecule has 0 radical (unpaired) electrons. The van der Waals surface area contributed by atoms with E-state index >= 15 is 0 Å². The fourth-order valence-electron chi connectivity index (χ4n) is 1.02. The molecule has 0 saturated carbocycles. The van der Waals surface area contributed by atoms with Gasteiger partial charge in [0.2, 0.25) is 0 Å². The Kier molecular flexibility index (Phi) is 3.55. The van der Waals surface area contributed by atoms with Gasteiger partial charge in [-0.2, -0.15) is 0 Å². The van der Waals surface area contributed by atoms with Crippen molar-refractivity contribution in [3.05, 3.63) is 34.3 Å². The molecule has 0 aromatic heterocycles. The zero-order valence-electron chi connectivity index (χ0n) is 7.80. The fourth-order valence-corrected chi connectivity index (χ4v) is 1.14. The van der Waals surface area contributed by atoms with E-state index < -0.39 is 0 Å². The maximum atomic E-state index is 11.4. The highest BCUT2D eigenvalue weighted by atomic mass is 35.5. The van der Waals surface area contributed by atoms with Crippen molar-refractivity contribution in [2.45, 2.75) is 6.92 Å². The van der Waals surface area contributed by atoms with Crippen molar-refractivity contribution >= 4 is 17.5 Å². The van der Waals surface area contributed by atoms with Crippen LogP contribution in [0.1, 0.15) is 15.9 Å². The molecule has 2 nitrogen and oxygen atoms in total. The van der Waals surface area contributed by atoms with Gasteiger partial charge in [0.05, 0.1) is 6.54 Å². The Hall–Kier alpha value is -1.46. The molecule has 1 aromatic carbocycles. The van der Waals surface area contributed by atoms with Gasteiger partial charge in [0.25, 0.3) is 5.91 Å². The van der Waals surface area contributed by atoms with Crippen molar-refractivity contribution in [1.82, 2.24) is 5.32 Å². The van der Waals surface area contributed by atoms with Crippen molar-refractivity contribution in [3.8, 4) is 12.3 Å². The third kappa shape index (κ3) is 2.51. The molecule has 0 atom stereocenters.